The second kappa shape index (κ2) is 7.11. The highest BCUT2D eigenvalue weighted by atomic mass is 32.1. The van der Waals surface area contributed by atoms with E-state index in [9.17, 15) is 14.4 Å². The molecule has 1 aliphatic heterocycles. The standard InChI is InChI=1S/C19H19N3O4S/c1-26-18(25)13-6-4-12(5-7-13)17(24)22-9-8-14-15(10-22)27-19(20-14)21-16(23)11-2-3-11/h4-7,11H,2-3,8-10H2,1H3,(H,20,21,23). The first-order chi connectivity index (χ1) is 13.0. The van der Waals surface area contributed by atoms with Gasteiger partial charge in [0.05, 0.1) is 24.9 Å². The zero-order valence-electron chi connectivity index (χ0n) is 14.9. The van der Waals surface area contributed by atoms with Crippen LogP contribution in [-0.2, 0) is 22.5 Å². The number of fused-ring (bicyclic) bond motifs is 1. The first-order valence-electron chi connectivity index (χ1n) is 8.82. The van der Waals surface area contributed by atoms with Crippen LogP contribution in [0.1, 0.15) is 44.1 Å². The molecular formula is C19H19N3O4S. The number of ether oxygens (including phenoxy) is 1. The van der Waals surface area contributed by atoms with Gasteiger partial charge in [-0.05, 0) is 37.1 Å². The molecule has 1 aliphatic carbocycles. The van der Waals surface area contributed by atoms with Gasteiger partial charge >= 0.3 is 5.97 Å². The second-order valence-electron chi connectivity index (χ2n) is 6.70. The Morgan fingerprint density at radius 3 is 2.56 bits per heavy atom. The third-order valence-corrected chi connectivity index (χ3v) is 5.75. The third kappa shape index (κ3) is 3.71. The minimum atomic E-state index is -0.429. The van der Waals surface area contributed by atoms with Gasteiger partial charge in [0, 0.05) is 29.3 Å². The molecule has 7 nitrogen and oxygen atoms in total. The summed E-state index contributed by atoms with van der Waals surface area (Å²) in [5, 5.41) is 3.50. The molecule has 0 spiro atoms. The number of rotatable bonds is 4. The maximum Gasteiger partial charge on any atom is 0.337 e. The number of esters is 1. The summed E-state index contributed by atoms with van der Waals surface area (Å²) in [6.45, 7) is 1.05. The molecule has 140 valence electrons. The third-order valence-electron chi connectivity index (χ3n) is 4.75. The van der Waals surface area contributed by atoms with Crippen molar-refractivity contribution >= 4 is 34.3 Å². The smallest absolute Gasteiger partial charge is 0.337 e. The molecule has 2 amide bonds. The molecule has 2 heterocycles. The van der Waals surface area contributed by atoms with Crippen molar-refractivity contribution in [3.63, 3.8) is 0 Å². The Kier molecular flexibility index (Phi) is 4.65. The predicted molar refractivity (Wildman–Crippen MR) is 99.7 cm³/mol. The van der Waals surface area contributed by atoms with Crippen molar-refractivity contribution in [2.75, 3.05) is 19.0 Å². The molecule has 1 N–H and O–H groups in total. The number of methoxy groups -OCH3 is 1. The van der Waals surface area contributed by atoms with E-state index in [1.807, 2.05) is 0 Å². The first kappa shape index (κ1) is 17.7. The van der Waals surface area contributed by atoms with Gasteiger partial charge in [0.1, 0.15) is 0 Å². The van der Waals surface area contributed by atoms with E-state index in [-0.39, 0.29) is 17.7 Å². The number of hydrogen-bond donors (Lipinski definition) is 1. The van der Waals surface area contributed by atoms with Gasteiger partial charge in [-0.1, -0.05) is 11.3 Å². The van der Waals surface area contributed by atoms with E-state index in [0.717, 1.165) is 23.4 Å². The highest BCUT2D eigenvalue weighted by Crippen LogP contribution is 2.33. The van der Waals surface area contributed by atoms with Crippen LogP contribution in [0.25, 0.3) is 0 Å². The number of nitrogens with one attached hydrogen (secondary N) is 1. The summed E-state index contributed by atoms with van der Waals surface area (Å²) in [5.74, 6) is -0.340. The monoisotopic (exact) mass is 385 g/mol. The van der Waals surface area contributed by atoms with Crippen molar-refractivity contribution in [3.05, 3.63) is 46.0 Å². The quantitative estimate of drug-likeness (QED) is 0.817. The molecule has 0 saturated heterocycles. The summed E-state index contributed by atoms with van der Waals surface area (Å²) in [4.78, 5) is 43.4. The molecule has 27 heavy (non-hydrogen) atoms. The lowest BCUT2D eigenvalue weighted by Crippen LogP contribution is -2.35. The number of carbonyl (C=O) groups is 3. The van der Waals surface area contributed by atoms with E-state index >= 15 is 0 Å². The van der Waals surface area contributed by atoms with Crippen molar-refractivity contribution in [2.24, 2.45) is 5.92 Å². The molecule has 8 heteroatoms. The maximum absolute atomic E-state index is 12.8. The highest BCUT2D eigenvalue weighted by Gasteiger charge is 2.31. The molecule has 0 unspecified atom stereocenters. The van der Waals surface area contributed by atoms with Crippen LogP contribution in [0.15, 0.2) is 24.3 Å². The van der Waals surface area contributed by atoms with Crippen LogP contribution in [0.3, 0.4) is 0 Å². The summed E-state index contributed by atoms with van der Waals surface area (Å²) < 4.78 is 4.67. The zero-order chi connectivity index (χ0) is 19.0. The fourth-order valence-corrected chi connectivity index (χ4v) is 4.05. The van der Waals surface area contributed by atoms with Crippen LogP contribution >= 0.6 is 11.3 Å². The van der Waals surface area contributed by atoms with Gasteiger partial charge in [-0.25, -0.2) is 9.78 Å². The molecule has 0 atom stereocenters. The molecule has 1 fully saturated rings. The van der Waals surface area contributed by atoms with Crippen LogP contribution in [0.4, 0.5) is 5.13 Å². The minimum absolute atomic E-state index is 0.0414. The van der Waals surface area contributed by atoms with Crippen molar-refractivity contribution in [2.45, 2.75) is 25.8 Å². The van der Waals surface area contributed by atoms with E-state index in [0.29, 0.717) is 35.8 Å². The molecule has 1 aromatic carbocycles. The largest absolute Gasteiger partial charge is 0.465 e. The van der Waals surface area contributed by atoms with Gasteiger partial charge in [0.15, 0.2) is 5.13 Å². The number of anilines is 1. The van der Waals surface area contributed by atoms with Gasteiger partial charge in [-0.2, -0.15) is 0 Å². The Labute approximate surface area is 160 Å². The number of hydrogen-bond acceptors (Lipinski definition) is 6. The fraction of sp³-hybridized carbons (Fsp3) is 0.368. The summed E-state index contributed by atoms with van der Waals surface area (Å²) in [6.07, 6.45) is 2.57. The fourth-order valence-electron chi connectivity index (χ4n) is 3.02. The van der Waals surface area contributed by atoms with Gasteiger partial charge in [0.2, 0.25) is 5.91 Å². The van der Waals surface area contributed by atoms with Gasteiger partial charge in [-0.15, -0.1) is 0 Å². The Morgan fingerprint density at radius 1 is 1.19 bits per heavy atom. The van der Waals surface area contributed by atoms with E-state index in [1.165, 1.54) is 18.4 Å². The average molecular weight is 385 g/mol. The predicted octanol–water partition coefficient (Wildman–Crippen LogP) is 2.48. The molecule has 2 aromatic rings. The Morgan fingerprint density at radius 2 is 1.89 bits per heavy atom. The van der Waals surface area contributed by atoms with E-state index in [2.05, 4.69) is 15.0 Å². The van der Waals surface area contributed by atoms with Crippen LogP contribution in [0.2, 0.25) is 0 Å². The first-order valence-corrected chi connectivity index (χ1v) is 9.64. The lowest BCUT2D eigenvalue weighted by molar-refractivity contribution is -0.117. The summed E-state index contributed by atoms with van der Waals surface area (Å²) in [5.41, 5.74) is 1.89. The van der Waals surface area contributed by atoms with E-state index in [1.54, 1.807) is 29.2 Å². The van der Waals surface area contributed by atoms with E-state index in [4.69, 9.17) is 0 Å². The summed E-state index contributed by atoms with van der Waals surface area (Å²) in [7, 11) is 1.32. The molecule has 1 aromatic heterocycles. The van der Waals surface area contributed by atoms with Crippen LogP contribution in [0, 0.1) is 5.92 Å². The molecule has 0 bridgehead atoms. The number of benzene rings is 1. The van der Waals surface area contributed by atoms with Crippen molar-refractivity contribution in [3.8, 4) is 0 Å². The number of amides is 2. The maximum atomic E-state index is 12.8. The molecule has 2 aliphatic rings. The zero-order valence-corrected chi connectivity index (χ0v) is 15.7. The van der Waals surface area contributed by atoms with Crippen LogP contribution in [0.5, 0.6) is 0 Å². The summed E-state index contributed by atoms with van der Waals surface area (Å²) >= 11 is 1.44. The van der Waals surface area contributed by atoms with Crippen LogP contribution in [-0.4, -0.2) is 41.3 Å². The molecule has 4 rings (SSSR count). The Balaban J connectivity index is 1.44. The lowest BCUT2D eigenvalue weighted by atomic mass is 10.1. The molecule has 0 radical (unpaired) electrons. The lowest BCUT2D eigenvalue weighted by Gasteiger charge is -2.26. The highest BCUT2D eigenvalue weighted by molar-refractivity contribution is 7.15. The minimum Gasteiger partial charge on any atom is -0.465 e. The second-order valence-corrected chi connectivity index (χ2v) is 7.78. The van der Waals surface area contributed by atoms with Gasteiger partial charge in [-0.3, -0.25) is 9.59 Å². The SMILES string of the molecule is COC(=O)c1ccc(C(=O)N2CCc3nc(NC(=O)C4CC4)sc3C2)cc1. The van der Waals surface area contributed by atoms with Crippen LogP contribution < -0.4 is 5.32 Å². The average Bonchev–Trinajstić information content (AvgIpc) is 3.47. The number of carbonyl (C=O) groups excluding carboxylic acids is 3. The normalized spacial score (nSPS) is 15.8. The number of thiazole rings is 1. The Bertz CT molecular complexity index is 902. The molecular weight excluding hydrogens is 366 g/mol. The Hall–Kier alpha value is -2.74. The van der Waals surface area contributed by atoms with Crippen molar-refractivity contribution in [1.82, 2.24) is 9.88 Å². The molecule has 1 saturated carbocycles. The summed E-state index contributed by atoms with van der Waals surface area (Å²) in [6, 6.07) is 6.45. The number of nitrogens with zero attached hydrogens (tertiary/aromatic N) is 2. The van der Waals surface area contributed by atoms with Gasteiger partial charge < -0.3 is 15.0 Å². The van der Waals surface area contributed by atoms with Gasteiger partial charge in [0.25, 0.3) is 5.91 Å². The topological polar surface area (TPSA) is 88.6 Å². The number of aromatic nitrogens is 1. The van der Waals surface area contributed by atoms with Crippen molar-refractivity contribution < 1.29 is 19.1 Å². The van der Waals surface area contributed by atoms with Crippen molar-refractivity contribution in [1.29, 1.82) is 0 Å². The van der Waals surface area contributed by atoms with E-state index < -0.39 is 5.97 Å².